The molecular weight excluding hydrogens is 268 g/mol. The number of carbonyl (C=O) groups excluding carboxylic acids is 2. The Morgan fingerprint density at radius 1 is 1.24 bits per heavy atom. The maximum atomic E-state index is 12.0. The Bertz CT molecular complexity index is 495. The number of hydrazine groups is 1. The van der Waals surface area contributed by atoms with E-state index in [1.54, 1.807) is 12.1 Å². The third-order valence-corrected chi connectivity index (χ3v) is 3.66. The molecule has 0 bridgehead atoms. The molecule has 1 saturated heterocycles. The van der Waals surface area contributed by atoms with Crippen LogP contribution in [0.4, 0.5) is 0 Å². The third kappa shape index (κ3) is 4.27. The van der Waals surface area contributed by atoms with Crippen molar-refractivity contribution in [2.75, 3.05) is 26.7 Å². The summed E-state index contributed by atoms with van der Waals surface area (Å²) in [5, 5.41) is 0. The molecule has 1 heterocycles. The predicted molar refractivity (Wildman–Crippen MR) is 80.2 cm³/mol. The fourth-order valence-electron chi connectivity index (χ4n) is 2.51. The van der Waals surface area contributed by atoms with E-state index in [1.165, 1.54) is 0 Å². The van der Waals surface area contributed by atoms with Gasteiger partial charge in [0.25, 0.3) is 5.91 Å². The van der Waals surface area contributed by atoms with Crippen LogP contribution in [0.2, 0.25) is 0 Å². The van der Waals surface area contributed by atoms with E-state index in [1.807, 2.05) is 29.0 Å². The molecule has 21 heavy (non-hydrogen) atoms. The van der Waals surface area contributed by atoms with E-state index < -0.39 is 0 Å². The van der Waals surface area contributed by atoms with Gasteiger partial charge in [-0.05, 0) is 37.6 Å². The van der Waals surface area contributed by atoms with E-state index in [4.69, 9.17) is 5.84 Å². The third-order valence-electron chi connectivity index (χ3n) is 3.66. The second-order valence-corrected chi connectivity index (χ2v) is 5.43. The van der Waals surface area contributed by atoms with Gasteiger partial charge in [-0.3, -0.25) is 19.9 Å². The number of nitrogens with zero attached hydrogens (tertiary/aromatic N) is 2. The molecule has 1 aliphatic heterocycles. The van der Waals surface area contributed by atoms with Gasteiger partial charge in [0.15, 0.2) is 0 Å². The number of likely N-dealkylation sites (N-methyl/N-ethyl adjacent to an activating group) is 1. The summed E-state index contributed by atoms with van der Waals surface area (Å²) in [5.41, 5.74) is 3.68. The molecule has 6 heteroatoms. The van der Waals surface area contributed by atoms with Gasteiger partial charge >= 0.3 is 0 Å². The molecular formula is C15H22N4O2. The standard InChI is InChI=1S/C15H22N4O2/c1-18(11-14(20)19-8-2-3-9-19)10-12-4-6-13(7-5-12)15(21)17-16/h4-7H,2-3,8-11,16H2,1H3,(H,17,21). The van der Waals surface area contributed by atoms with Gasteiger partial charge in [0.2, 0.25) is 5.91 Å². The van der Waals surface area contributed by atoms with Crippen molar-refractivity contribution < 1.29 is 9.59 Å². The first-order valence-corrected chi connectivity index (χ1v) is 7.16. The van der Waals surface area contributed by atoms with Crippen molar-refractivity contribution in [3.8, 4) is 0 Å². The summed E-state index contributed by atoms with van der Waals surface area (Å²) in [6.45, 7) is 2.86. The van der Waals surface area contributed by atoms with Gasteiger partial charge in [0.1, 0.15) is 0 Å². The average Bonchev–Trinajstić information content (AvgIpc) is 3.01. The molecule has 2 rings (SSSR count). The summed E-state index contributed by atoms with van der Waals surface area (Å²) in [6.07, 6.45) is 2.22. The Morgan fingerprint density at radius 2 is 1.86 bits per heavy atom. The van der Waals surface area contributed by atoms with Crippen LogP contribution in [0.25, 0.3) is 0 Å². The molecule has 0 spiro atoms. The lowest BCUT2D eigenvalue weighted by Crippen LogP contribution is -2.37. The Hall–Kier alpha value is -1.92. The number of nitrogen functional groups attached to an aromatic ring is 1. The van der Waals surface area contributed by atoms with Gasteiger partial charge in [0, 0.05) is 25.2 Å². The molecule has 1 fully saturated rings. The minimum absolute atomic E-state index is 0.189. The number of hydrogen-bond donors (Lipinski definition) is 2. The van der Waals surface area contributed by atoms with Crippen LogP contribution in [0.3, 0.4) is 0 Å². The number of nitrogens with one attached hydrogen (secondary N) is 1. The molecule has 1 aromatic carbocycles. The molecule has 0 aliphatic carbocycles. The number of benzene rings is 1. The van der Waals surface area contributed by atoms with E-state index in [2.05, 4.69) is 5.43 Å². The molecule has 0 atom stereocenters. The first-order chi connectivity index (χ1) is 10.1. The lowest BCUT2D eigenvalue weighted by atomic mass is 10.1. The number of carbonyl (C=O) groups is 2. The summed E-state index contributed by atoms with van der Waals surface area (Å²) in [6, 6.07) is 7.21. The van der Waals surface area contributed by atoms with E-state index in [-0.39, 0.29) is 11.8 Å². The number of hydrogen-bond acceptors (Lipinski definition) is 4. The van der Waals surface area contributed by atoms with Crippen LogP contribution in [0, 0.1) is 0 Å². The van der Waals surface area contributed by atoms with Crippen LogP contribution in [0.15, 0.2) is 24.3 Å². The first-order valence-electron chi connectivity index (χ1n) is 7.16. The molecule has 1 aliphatic rings. The smallest absolute Gasteiger partial charge is 0.265 e. The highest BCUT2D eigenvalue weighted by atomic mass is 16.2. The van der Waals surface area contributed by atoms with E-state index in [0.717, 1.165) is 31.5 Å². The van der Waals surface area contributed by atoms with E-state index in [0.29, 0.717) is 18.7 Å². The van der Waals surface area contributed by atoms with Gasteiger partial charge in [-0.15, -0.1) is 0 Å². The van der Waals surface area contributed by atoms with Crippen LogP contribution >= 0.6 is 0 Å². The second-order valence-electron chi connectivity index (χ2n) is 5.43. The lowest BCUT2D eigenvalue weighted by molar-refractivity contribution is -0.131. The largest absolute Gasteiger partial charge is 0.342 e. The maximum Gasteiger partial charge on any atom is 0.265 e. The van der Waals surface area contributed by atoms with Crippen molar-refractivity contribution in [2.45, 2.75) is 19.4 Å². The van der Waals surface area contributed by atoms with E-state index >= 15 is 0 Å². The van der Waals surface area contributed by atoms with Crippen molar-refractivity contribution >= 4 is 11.8 Å². The van der Waals surface area contributed by atoms with Crippen LogP contribution in [-0.4, -0.2) is 48.3 Å². The van der Waals surface area contributed by atoms with Crippen LogP contribution in [0.1, 0.15) is 28.8 Å². The average molecular weight is 290 g/mol. The monoisotopic (exact) mass is 290 g/mol. The highest BCUT2D eigenvalue weighted by molar-refractivity contribution is 5.93. The molecule has 0 aromatic heterocycles. The predicted octanol–water partition coefficient (Wildman–Crippen LogP) is 0.344. The molecule has 3 N–H and O–H groups in total. The van der Waals surface area contributed by atoms with Gasteiger partial charge in [-0.2, -0.15) is 0 Å². The summed E-state index contributed by atoms with van der Waals surface area (Å²) in [5.74, 6) is 4.97. The molecule has 6 nitrogen and oxygen atoms in total. The number of nitrogens with two attached hydrogens (primary N) is 1. The van der Waals surface area contributed by atoms with Crippen LogP contribution < -0.4 is 11.3 Å². The topological polar surface area (TPSA) is 78.7 Å². The van der Waals surface area contributed by atoms with Gasteiger partial charge in [-0.25, -0.2) is 5.84 Å². The van der Waals surface area contributed by atoms with Gasteiger partial charge in [-0.1, -0.05) is 12.1 Å². The quantitative estimate of drug-likeness (QED) is 0.466. The molecule has 0 unspecified atom stereocenters. The Kier molecular flexibility index (Phi) is 5.30. The zero-order valence-corrected chi connectivity index (χ0v) is 12.3. The molecule has 1 aromatic rings. The van der Waals surface area contributed by atoms with E-state index in [9.17, 15) is 9.59 Å². The lowest BCUT2D eigenvalue weighted by Gasteiger charge is -2.21. The SMILES string of the molecule is CN(CC(=O)N1CCCC1)Cc1ccc(C(=O)NN)cc1. The highest BCUT2D eigenvalue weighted by Gasteiger charge is 2.19. The zero-order chi connectivity index (χ0) is 15.2. The van der Waals surface area contributed by atoms with Crippen molar-refractivity contribution in [3.05, 3.63) is 35.4 Å². The Morgan fingerprint density at radius 3 is 2.43 bits per heavy atom. The summed E-state index contributed by atoms with van der Waals surface area (Å²) in [7, 11) is 1.93. The fourth-order valence-corrected chi connectivity index (χ4v) is 2.51. The maximum absolute atomic E-state index is 12.0. The van der Waals surface area contributed by atoms with Crippen LogP contribution in [0.5, 0.6) is 0 Å². The Balaban J connectivity index is 1.85. The number of amides is 2. The van der Waals surface area contributed by atoms with Crippen molar-refractivity contribution in [2.24, 2.45) is 5.84 Å². The second kappa shape index (κ2) is 7.19. The number of likely N-dealkylation sites (tertiary alicyclic amines) is 1. The van der Waals surface area contributed by atoms with Crippen molar-refractivity contribution in [3.63, 3.8) is 0 Å². The molecule has 114 valence electrons. The fraction of sp³-hybridized carbons (Fsp3) is 0.467. The zero-order valence-electron chi connectivity index (χ0n) is 12.3. The Labute approximate surface area is 124 Å². The molecule has 2 amide bonds. The summed E-state index contributed by atoms with van der Waals surface area (Å²) >= 11 is 0. The van der Waals surface area contributed by atoms with Gasteiger partial charge in [0.05, 0.1) is 6.54 Å². The minimum Gasteiger partial charge on any atom is -0.342 e. The highest BCUT2D eigenvalue weighted by Crippen LogP contribution is 2.10. The van der Waals surface area contributed by atoms with Crippen molar-refractivity contribution in [1.82, 2.24) is 15.2 Å². The first kappa shape index (κ1) is 15.5. The normalized spacial score (nSPS) is 14.5. The summed E-state index contributed by atoms with van der Waals surface area (Å²) < 4.78 is 0. The van der Waals surface area contributed by atoms with Gasteiger partial charge < -0.3 is 4.90 Å². The van der Waals surface area contributed by atoms with Crippen LogP contribution in [-0.2, 0) is 11.3 Å². The summed E-state index contributed by atoms with van der Waals surface area (Å²) in [4.78, 5) is 27.3. The number of rotatable bonds is 5. The van der Waals surface area contributed by atoms with Crippen molar-refractivity contribution in [1.29, 1.82) is 0 Å². The minimum atomic E-state index is -0.306. The molecule has 0 radical (unpaired) electrons. The molecule has 0 saturated carbocycles.